The highest BCUT2D eigenvalue weighted by atomic mass is 15.1. The van der Waals surface area contributed by atoms with Crippen LogP contribution in [0.5, 0.6) is 0 Å². The smallest absolute Gasteiger partial charge is 0.00154 e. The molecule has 1 aromatic rings. The van der Waals surface area contributed by atoms with E-state index in [4.69, 9.17) is 0 Å². The molecule has 94 valence electrons. The predicted molar refractivity (Wildman–Crippen MR) is 74.3 cm³/mol. The van der Waals surface area contributed by atoms with Crippen molar-refractivity contribution in [2.45, 2.75) is 39.0 Å². The summed E-state index contributed by atoms with van der Waals surface area (Å²) in [5, 5.41) is 0. The van der Waals surface area contributed by atoms with Crippen molar-refractivity contribution in [1.29, 1.82) is 0 Å². The number of nitrogens with zero attached hydrogens (tertiary/aromatic N) is 1. The standard InChI is InChI=1S/C16H25N/c1-4-11-17-12-10-16(3,14(2)13-17)15-8-6-5-7-9-15/h5-9,14H,4,10-13H2,1-3H3. The Balaban J connectivity index is 2.12. The topological polar surface area (TPSA) is 3.24 Å². The molecule has 1 heteroatoms. The summed E-state index contributed by atoms with van der Waals surface area (Å²) < 4.78 is 0. The number of rotatable bonds is 3. The lowest BCUT2D eigenvalue weighted by atomic mass is 9.68. The summed E-state index contributed by atoms with van der Waals surface area (Å²) in [6, 6.07) is 11.1. The number of likely N-dealkylation sites (tertiary alicyclic amines) is 1. The molecule has 0 amide bonds. The molecular weight excluding hydrogens is 206 g/mol. The second kappa shape index (κ2) is 5.22. The first-order chi connectivity index (χ1) is 8.16. The molecule has 1 aliphatic heterocycles. The third kappa shape index (κ3) is 2.55. The third-order valence-corrected chi connectivity index (χ3v) is 4.54. The molecule has 1 fully saturated rings. The van der Waals surface area contributed by atoms with Crippen LogP contribution in [0.1, 0.15) is 39.2 Å². The largest absolute Gasteiger partial charge is 0.303 e. The van der Waals surface area contributed by atoms with Gasteiger partial charge in [0.25, 0.3) is 0 Å². The Kier molecular flexibility index (Phi) is 3.88. The summed E-state index contributed by atoms with van der Waals surface area (Å²) in [6.07, 6.45) is 2.56. The quantitative estimate of drug-likeness (QED) is 0.767. The first-order valence-corrected chi connectivity index (χ1v) is 6.94. The van der Waals surface area contributed by atoms with Gasteiger partial charge >= 0.3 is 0 Å². The van der Waals surface area contributed by atoms with Crippen LogP contribution in [-0.4, -0.2) is 24.5 Å². The number of benzene rings is 1. The fraction of sp³-hybridized carbons (Fsp3) is 0.625. The van der Waals surface area contributed by atoms with E-state index >= 15 is 0 Å². The molecular formula is C16H25N. The van der Waals surface area contributed by atoms with Crippen molar-refractivity contribution in [1.82, 2.24) is 4.90 Å². The van der Waals surface area contributed by atoms with Gasteiger partial charge in [-0.15, -0.1) is 0 Å². The van der Waals surface area contributed by atoms with E-state index in [1.165, 1.54) is 38.0 Å². The second-order valence-corrected chi connectivity index (χ2v) is 5.74. The van der Waals surface area contributed by atoms with Crippen molar-refractivity contribution in [2.75, 3.05) is 19.6 Å². The minimum Gasteiger partial charge on any atom is -0.303 e. The van der Waals surface area contributed by atoms with Crippen LogP contribution in [-0.2, 0) is 5.41 Å². The SMILES string of the molecule is CCCN1CCC(C)(c2ccccc2)C(C)C1. The van der Waals surface area contributed by atoms with E-state index in [1.807, 2.05) is 0 Å². The Hall–Kier alpha value is -0.820. The van der Waals surface area contributed by atoms with Crippen molar-refractivity contribution >= 4 is 0 Å². The van der Waals surface area contributed by atoms with Crippen LogP contribution < -0.4 is 0 Å². The van der Waals surface area contributed by atoms with Crippen molar-refractivity contribution in [3.05, 3.63) is 35.9 Å². The Bertz CT molecular complexity index is 346. The highest BCUT2D eigenvalue weighted by molar-refractivity contribution is 5.26. The minimum atomic E-state index is 0.367. The van der Waals surface area contributed by atoms with E-state index in [2.05, 4.69) is 56.0 Å². The molecule has 0 aromatic heterocycles. The molecule has 2 unspecified atom stereocenters. The van der Waals surface area contributed by atoms with E-state index < -0.39 is 0 Å². The highest BCUT2D eigenvalue weighted by Gasteiger charge is 2.37. The van der Waals surface area contributed by atoms with Crippen molar-refractivity contribution in [2.24, 2.45) is 5.92 Å². The van der Waals surface area contributed by atoms with Gasteiger partial charge in [-0.1, -0.05) is 51.1 Å². The predicted octanol–water partition coefficient (Wildman–Crippen LogP) is 3.70. The van der Waals surface area contributed by atoms with E-state index in [-0.39, 0.29) is 0 Å². The number of hydrogen-bond acceptors (Lipinski definition) is 1. The fourth-order valence-electron chi connectivity index (χ4n) is 3.08. The van der Waals surface area contributed by atoms with Crippen LogP contribution in [0.2, 0.25) is 0 Å². The van der Waals surface area contributed by atoms with Gasteiger partial charge in [-0.2, -0.15) is 0 Å². The molecule has 1 nitrogen and oxygen atoms in total. The van der Waals surface area contributed by atoms with Gasteiger partial charge in [-0.25, -0.2) is 0 Å². The van der Waals surface area contributed by atoms with Gasteiger partial charge in [0.1, 0.15) is 0 Å². The molecule has 1 heterocycles. The average Bonchev–Trinajstić information content (AvgIpc) is 2.35. The van der Waals surface area contributed by atoms with Crippen molar-refractivity contribution < 1.29 is 0 Å². The zero-order valence-electron chi connectivity index (χ0n) is 11.4. The first-order valence-electron chi connectivity index (χ1n) is 6.94. The van der Waals surface area contributed by atoms with E-state index in [0.717, 1.165) is 5.92 Å². The summed E-state index contributed by atoms with van der Waals surface area (Å²) in [5.41, 5.74) is 1.88. The maximum Gasteiger partial charge on any atom is 0.00154 e. The van der Waals surface area contributed by atoms with Gasteiger partial charge in [-0.05, 0) is 42.8 Å². The molecule has 0 aliphatic carbocycles. The van der Waals surface area contributed by atoms with Gasteiger partial charge in [0.05, 0.1) is 0 Å². The molecule has 17 heavy (non-hydrogen) atoms. The molecule has 0 spiro atoms. The zero-order chi connectivity index (χ0) is 12.3. The summed E-state index contributed by atoms with van der Waals surface area (Å²) in [4.78, 5) is 2.62. The van der Waals surface area contributed by atoms with Crippen molar-refractivity contribution in [3.63, 3.8) is 0 Å². The third-order valence-electron chi connectivity index (χ3n) is 4.54. The second-order valence-electron chi connectivity index (χ2n) is 5.74. The first kappa shape index (κ1) is 12.6. The Morgan fingerprint density at radius 3 is 2.59 bits per heavy atom. The van der Waals surface area contributed by atoms with Gasteiger partial charge < -0.3 is 4.90 Å². The summed E-state index contributed by atoms with van der Waals surface area (Å²) in [7, 11) is 0. The molecule has 1 aliphatic rings. The maximum atomic E-state index is 2.62. The molecule has 2 rings (SSSR count). The Morgan fingerprint density at radius 1 is 1.29 bits per heavy atom. The van der Waals surface area contributed by atoms with Crippen molar-refractivity contribution in [3.8, 4) is 0 Å². The lowest BCUT2D eigenvalue weighted by molar-refractivity contribution is 0.111. The van der Waals surface area contributed by atoms with Crippen LogP contribution in [0.15, 0.2) is 30.3 Å². The van der Waals surface area contributed by atoms with Crippen LogP contribution in [0.25, 0.3) is 0 Å². The normalized spacial score (nSPS) is 30.4. The zero-order valence-corrected chi connectivity index (χ0v) is 11.4. The summed E-state index contributed by atoms with van der Waals surface area (Å²) >= 11 is 0. The lowest BCUT2D eigenvalue weighted by Crippen LogP contribution is -2.47. The van der Waals surface area contributed by atoms with Gasteiger partial charge in [0.2, 0.25) is 0 Å². The Morgan fingerprint density at radius 2 is 2.00 bits per heavy atom. The van der Waals surface area contributed by atoms with E-state index in [1.54, 1.807) is 0 Å². The summed E-state index contributed by atoms with van der Waals surface area (Å²) in [5.74, 6) is 0.741. The number of hydrogen-bond donors (Lipinski definition) is 0. The maximum absolute atomic E-state index is 2.62. The minimum absolute atomic E-state index is 0.367. The highest BCUT2D eigenvalue weighted by Crippen LogP contribution is 2.39. The van der Waals surface area contributed by atoms with E-state index in [9.17, 15) is 0 Å². The molecule has 0 saturated carbocycles. The van der Waals surface area contributed by atoms with Gasteiger partial charge in [0.15, 0.2) is 0 Å². The molecule has 0 radical (unpaired) electrons. The van der Waals surface area contributed by atoms with Crippen LogP contribution in [0.3, 0.4) is 0 Å². The average molecular weight is 231 g/mol. The van der Waals surface area contributed by atoms with Crippen LogP contribution in [0, 0.1) is 5.92 Å². The van der Waals surface area contributed by atoms with Crippen LogP contribution >= 0.6 is 0 Å². The monoisotopic (exact) mass is 231 g/mol. The number of piperidine rings is 1. The molecule has 1 saturated heterocycles. The van der Waals surface area contributed by atoms with Gasteiger partial charge in [-0.3, -0.25) is 0 Å². The molecule has 2 atom stereocenters. The molecule has 0 bridgehead atoms. The lowest BCUT2D eigenvalue weighted by Gasteiger charge is -2.45. The molecule has 0 N–H and O–H groups in total. The van der Waals surface area contributed by atoms with Crippen LogP contribution in [0.4, 0.5) is 0 Å². The molecule has 1 aromatic carbocycles. The van der Waals surface area contributed by atoms with E-state index in [0.29, 0.717) is 5.41 Å². The van der Waals surface area contributed by atoms with Gasteiger partial charge in [0, 0.05) is 6.54 Å². The Labute approximate surface area is 106 Å². The summed E-state index contributed by atoms with van der Waals surface area (Å²) in [6.45, 7) is 10.9. The fourth-order valence-corrected chi connectivity index (χ4v) is 3.08.